The van der Waals surface area contributed by atoms with Crippen LogP contribution in [-0.2, 0) is 15.5 Å². The first-order valence-corrected chi connectivity index (χ1v) is 3.50. The molecule has 0 heterocycles. The molecule has 0 N–H and O–H groups in total. The third kappa shape index (κ3) is 11.8. The van der Waals surface area contributed by atoms with E-state index < -0.39 is 11.4 Å². The van der Waals surface area contributed by atoms with Gasteiger partial charge < -0.3 is 9.45 Å². The number of hydrogen-bond donors (Lipinski definition) is 0. The van der Waals surface area contributed by atoms with Crippen LogP contribution in [0, 0.1) is 0 Å². The van der Waals surface area contributed by atoms with Crippen molar-refractivity contribution in [1.82, 2.24) is 4.90 Å². The molecule has 6 heteroatoms. The Morgan fingerprint density at radius 2 is 2.10 bits per heavy atom. The number of nitrogens with zero attached hydrogens (tertiary/aromatic N) is 1. The van der Waals surface area contributed by atoms with Crippen LogP contribution in [0.15, 0.2) is 0 Å². The zero-order valence-corrected chi connectivity index (χ0v) is 9.31. The van der Waals surface area contributed by atoms with Gasteiger partial charge in [-0.15, -0.1) is 0 Å². The molecule has 1 atom stereocenters. The Bertz CT molecular complexity index is 101. The van der Waals surface area contributed by atoms with Gasteiger partial charge in [-0.2, -0.15) is 0 Å². The van der Waals surface area contributed by atoms with Crippen LogP contribution in [0.3, 0.4) is 0 Å². The molecule has 0 spiro atoms. The molecule has 0 rings (SSSR count). The van der Waals surface area contributed by atoms with Gasteiger partial charge in [0.15, 0.2) is 0 Å². The van der Waals surface area contributed by atoms with E-state index in [2.05, 4.69) is 4.18 Å². The standard InChI is InChI=1S/C4H11NO3S.Na/c1-5(2)3-4-8-9(6)7;/h3-4H2,1-2H3,(H,6,7);/q;+1/p-1. The summed E-state index contributed by atoms with van der Waals surface area (Å²) in [5, 5.41) is 0. The first kappa shape index (κ1) is 13.6. The molecule has 0 aromatic rings. The van der Waals surface area contributed by atoms with Crippen molar-refractivity contribution in [2.45, 2.75) is 0 Å². The maximum atomic E-state index is 9.74. The van der Waals surface area contributed by atoms with Crippen LogP contribution in [0.5, 0.6) is 0 Å². The van der Waals surface area contributed by atoms with Crippen molar-refractivity contribution in [2.24, 2.45) is 0 Å². The number of hydrogen-bond acceptors (Lipinski definition) is 4. The minimum atomic E-state index is -2.36. The Balaban J connectivity index is 0. The molecule has 0 bridgehead atoms. The van der Waals surface area contributed by atoms with E-state index in [0.717, 1.165) is 0 Å². The third-order valence-corrected chi connectivity index (χ3v) is 1.08. The molecule has 0 saturated carbocycles. The molecule has 0 saturated heterocycles. The summed E-state index contributed by atoms with van der Waals surface area (Å²) in [7, 11) is 3.69. The van der Waals surface area contributed by atoms with Gasteiger partial charge in [-0.25, -0.2) is 4.21 Å². The van der Waals surface area contributed by atoms with E-state index in [-0.39, 0.29) is 36.2 Å². The zero-order chi connectivity index (χ0) is 7.28. The second-order valence-corrected chi connectivity index (χ2v) is 2.47. The molecule has 0 aromatic heterocycles. The van der Waals surface area contributed by atoms with E-state index in [4.69, 9.17) is 0 Å². The van der Waals surface area contributed by atoms with Crippen LogP contribution in [0.25, 0.3) is 0 Å². The Labute approximate surface area is 85.7 Å². The van der Waals surface area contributed by atoms with Crippen molar-refractivity contribution in [3.05, 3.63) is 0 Å². The van der Waals surface area contributed by atoms with Gasteiger partial charge in [0, 0.05) is 6.54 Å². The summed E-state index contributed by atoms with van der Waals surface area (Å²) < 4.78 is 23.7. The zero-order valence-electron chi connectivity index (χ0n) is 6.49. The summed E-state index contributed by atoms with van der Waals surface area (Å²) in [6.07, 6.45) is 0. The van der Waals surface area contributed by atoms with Gasteiger partial charge in [-0.05, 0) is 14.1 Å². The van der Waals surface area contributed by atoms with Crippen molar-refractivity contribution in [3.63, 3.8) is 0 Å². The normalized spacial score (nSPS) is 12.8. The molecule has 0 aliphatic rings. The summed E-state index contributed by atoms with van der Waals surface area (Å²) in [6, 6.07) is 0. The number of likely N-dealkylation sites (N-methyl/N-ethyl adjacent to an activating group) is 1. The van der Waals surface area contributed by atoms with Gasteiger partial charge in [-0.3, -0.25) is 4.18 Å². The average Bonchev–Trinajstić information content (AvgIpc) is 1.63. The van der Waals surface area contributed by atoms with Crippen LogP contribution in [-0.4, -0.2) is 40.9 Å². The smallest absolute Gasteiger partial charge is 0.750 e. The molecule has 10 heavy (non-hydrogen) atoms. The van der Waals surface area contributed by atoms with Gasteiger partial charge >= 0.3 is 29.6 Å². The first-order chi connectivity index (χ1) is 4.13. The predicted molar refractivity (Wildman–Crippen MR) is 33.4 cm³/mol. The van der Waals surface area contributed by atoms with E-state index in [0.29, 0.717) is 6.54 Å². The second-order valence-electron chi connectivity index (χ2n) is 1.83. The topological polar surface area (TPSA) is 52.6 Å². The minimum Gasteiger partial charge on any atom is -0.750 e. The molecule has 1 unspecified atom stereocenters. The summed E-state index contributed by atoms with van der Waals surface area (Å²) in [4.78, 5) is 1.84. The predicted octanol–water partition coefficient (Wildman–Crippen LogP) is -3.64. The van der Waals surface area contributed by atoms with Crippen molar-refractivity contribution >= 4 is 11.4 Å². The Morgan fingerprint density at radius 3 is 2.40 bits per heavy atom. The van der Waals surface area contributed by atoms with E-state index in [9.17, 15) is 8.76 Å². The molecule has 0 radical (unpaired) electrons. The first-order valence-electron chi connectivity index (χ1n) is 2.50. The van der Waals surface area contributed by atoms with E-state index in [1.807, 2.05) is 19.0 Å². The largest absolute Gasteiger partial charge is 1.00 e. The summed E-state index contributed by atoms with van der Waals surface area (Å²) >= 11 is -2.36. The Hall–Kier alpha value is 1.03. The van der Waals surface area contributed by atoms with Crippen LogP contribution < -0.4 is 29.6 Å². The van der Waals surface area contributed by atoms with Gasteiger partial charge in [0.2, 0.25) is 0 Å². The molecule has 0 amide bonds. The Kier molecular flexibility index (Phi) is 11.1. The van der Waals surface area contributed by atoms with Crippen LogP contribution in [0.4, 0.5) is 0 Å². The summed E-state index contributed by atoms with van der Waals surface area (Å²) in [6.45, 7) is 0.844. The quantitative estimate of drug-likeness (QED) is 0.327. The van der Waals surface area contributed by atoms with Crippen LogP contribution in [0.2, 0.25) is 0 Å². The minimum absolute atomic E-state index is 0. The van der Waals surface area contributed by atoms with Crippen LogP contribution >= 0.6 is 0 Å². The fraction of sp³-hybridized carbons (Fsp3) is 1.00. The molecule has 0 aromatic carbocycles. The van der Waals surface area contributed by atoms with Gasteiger partial charge in [0.1, 0.15) is 0 Å². The van der Waals surface area contributed by atoms with Crippen molar-refractivity contribution < 1.29 is 42.5 Å². The molecular formula is C4H10NNaO3S. The summed E-state index contributed by atoms with van der Waals surface area (Å²) in [5.74, 6) is 0. The second kappa shape index (κ2) is 8.13. The van der Waals surface area contributed by atoms with Gasteiger partial charge in [0.25, 0.3) is 0 Å². The number of rotatable bonds is 4. The third-order valence-electron chi connectivity index (χ3n) is 0.718. The molecule has 0 fully saturated rings. The van der Waals surface area contributed by atoms with Crippen LogP contribution in [0.1, 0.15) is 0 Å². The Morgan fingerprint density at radius 1 is 1.60 bits per heavy atom. The van der Waals surface area contributed by atoms with Gasteiger partial charge in [-0.1, -0.05) is 0 Å². The monoisotopic (exact) mass is 175 g/mol. The molecule has 0 aliphatic heterocycles. The van der Waals surface area contributed by atoms with E-state index in [1.54, 1.807) is 0 Å². The molecule has 56 valence electrons. The molecule has 4 nitrogen and oxygen atoms in total. The van der Waals surface area contributed by atoms with Gasteiger partial charge in [0.05, 0.1) is 18.0 Å². The maximum Gasteiger partial charge on any atom is 1.00 e. The average molecular weight is 175 g/mol. The molecule has 0 aliphatic carbocycles. The summed E-state index contributed by atoms with van der Waals surface area (Å²) in [5.41, 5.74) is 0. The molecular weight excluding hydrogens is 165 g/mol. The fourth-order valence-corrected chi connectivity index (χ4v) is 0.499. The van der Waals surface area contributed by atoms with Crippen molar-refractivity contribution in [1.29, 1.82) is 0 Å². The SMILES string of the molecule is CN(C)CCOS(=O)[O-].[Na+]. The van der Waals surface area contributed by atoms with E-state index >= 15 is 0 Å². The van der Waals surface area contributed by atoms with Crippen molar-refractivity contribution in [2.75, 3.05) is 27.2 Å². The maximum absolute atomic E-state index is 9.74. The van der Waals surface area contributed by atoms with Crippen molar-refractivity contribution in [3.8, 4) is 0 Å². The van der Waals surface area contributed by atoms with E-state index in [1.165, 1.54) is 0 Å². The fourth-order valence-electron chi connectivity index (χ4n) is 0.288.